The molecule has 0 aliphatic heterocycles. The van der Waals surface area contributed by atoms with Gasteiger partial charge in [0.25, 0.3) is 0 Å². The van der Waals surface area contributed by atoms with Gasteiger partial charge in [0.1, 0.15) is 5.78 Å². The van der Waals surface area contributed by atoms with Crippen LogP contribution in [-0.4, -0.2) is 37.7 Å². The largest absolute Gasteiger partial charge is 0.354 e. The summed E-state index contributed by atoms with van der Waals surface area (Å²) < 4.78 is 21.5. The molecule has 0 aromatic rings. The standard InChI is InChI=1S/C9H17NO4S/c1-7(11)5-8(12)10-6-9(2,3)15(4,13)14/h5-6H2,1-4H3,(H,10,12). The highest BCUT2D eigenvalue weighted by Crippen LogP contribution is 2.13. The molecule has 0 aromatic heterocycles. The van der Waals surface area contributed by atoms with Gasteiger partial charge in [-0.3, -0.25) is 9.59 Å². The number of carbonyl (C=O) groups excluding carboxylic acids is 2. The lowest BCUT2D eigenvalue weighted by molar-refractivity contribution is -0.127. The van der Waals surface area contributed by atoms with Gasteiger partial charge in [-0.05, 0) is 20.8 Å². The van der Waals surface area contributed by atoms with E-state index in [2.05, 4.69) is 5.32 Å². The van der Waals surface area contributed by atoms with Crippen molar-refractivity contribution in [1.29, 1.82) is 0 Å². The third kappa shape index (κ3) is 4.92. The second-order valence-corrected chi connectivity index (χ2v) is 6.84. The van der Waals surface area contributed by atoms with E-state index >= 15 is 0 Å². The fourth-order valence-corrected chi connectivity index (χ4v) is 1.07. The van der Waals surface area contributed by atoms with Crippen LogP contribution in [0.25, 0.3) is 0 Å². The van der Waals surface area contributed by atoms with Crippen molar-refractivity contribution in [3.05, 3.63) is 0 Å². The molecule has 0 aromatic carbocycles. The van der Waals surface area contributed by atoms with Crippen molar-refractivity contribution in [3.63, 3.8) is 0 Å². The Balaban J connectivity index is 4.29. The van der Waals surface area contributed by atoms with Crippen molar-refractivity contribution in [3.8, 4) is 0 Å². The molecule has 0 atom stereocenters. The molecule has 1 amide bonds. The number of Topliss-reactive ketones (excluding diaryl/α,β-unsaturated/α-hetero) is 1. The van der Waals surface area contributed by atoms with E-state index in [9.17, 15) is 18.0 Å². The second-order valence-electron chi connectivity index (χ2n) is 4.19. The molecule has 1 N–H and O–H groups in total. The van der Waals surface area contributed by atoms with Crippen LogP contribution < -0.4 is 5.32 Å². The van der Waals surface area contributed by atoms with E-state index in [0.717, 1.165) is 6.26 Å². The highest BCUT2D eigenvalue weighted by Gasteiger charge is 2.30. The quantitative estimate of drug-likeness (QED) is 0.675. The first-order valence-corrected chi connectivity index (χ1v) is 6.41. The van der Waals surface area contributed by atoms with Crippen molar-refractivity contribution in [2.45, 2.75) is 31.9 Å². The fourth-order valence-electron chi connectivity index (χ4n) is 0.731. The van der Waals surface area contributed by atoms with Gasteiger partial charge in [0.15, 0.2) is 9.84 Å². The van der Waals surface area contributed by atoms with E-state index in [4.69, 9.17) is 0 Å². The molecule has 0 spiro atoms. The van der Waals surface area contributed by atoms with Gasteiger partial charge in [-0.1, -0.05) is 0 Å². The zero-order chi connectivity index (χ0) is 12.3. The number of carbonyl (C=O) groups is 2. The summed E-state index contributed by atoms with van der Waals surface area (Å²) in [5.74, 6) is -0.691. The van der Waals surface area contributed by atoms with Gasteiger partial charge in [-0.15, -0.1) is 0 Å². The van der Waals surface area contributed by atoms with E-state index in [1.54, 1.807) is 0 Å². The normalized spacial score (nSPS) is 12.3. The number of amides is 1. The van der Waals surface area contributed by atoms with Gasteiger partial charge in [0.05, 0.1) is 11.2 Å². The number of hydrogen-bond donors (Lipinski definition) is 1. The Morgan fingerprint density at radius 1 is 1.27 bits per heavy atom. The number of sulfone groups is 1. The van der Waals surface area contributed by atoms with Gasteiger partial charge in [-0.25, -0.2) is 8.42 Å². The summed E-state index contributed by atoms with van der Waals surface area (Å²) in [6.45, 7) is 4.37. The number of hydrogen-bond acceptors (Lipinski definition) is 4. The highest BCUT2D eigenvalue weighted by atomic mass is 32.2. The van der Waals surface area contributed by atoms with Gasteiger partial charge >= 0.3 is 0 Å². The molecule has 0 aliphatic carbocycles. The Labute approximate surface area is 90.2 Å². The molecule has 0 saturated carbocycles. The van der Waals surface area contributed by atoms with Gasteiger partial charge in [0.2, 0.25) is 5.91 Å². The summed E-state index contributed by atoms with van der Waals surface area (Å²) in [6.07, 6.45) is 0.907. The summed E-state index contributed by atoms with van der Waals surface area (Å²) >= 11 is 0. The molecular formula is C9H17NO4S. The number of ketones is 1. The van der Waals surface area contributed by atoms with Gasteiger partial charge in [-0.2, -0.15) is 0 Å². The van der Waals surface area contributed by atoms with Crippen molar-refractivity contribution in [1.82, 2.24) is 5.32 Å². The number of rotatable bonds is 5. The highest BCUT2D eigenvalue weighted by molar-refractivity contribution is 7.92. The molecule has 0 aliphatic rings. The first-order valence-electron chi connectivity index (χ1n) is 4.52. The van der Waals surface area contributed by atoms with Crippen LogP contribution in [0.15, 0.2) is 0 Å². The Morgan fingerprint density at radius 3 is 2.07 bits per heavy atom. The third-order valence-electron chi connectivity index (χ3n) is 2.12. The predicted octanol–water partition coefficient (Wildman–Crippen LogP) is -0.0951. The van der Waals surface area contributed by atoms with Crippen molar-refractivity contribution in [2.24, 2.45) is 0 Å². The van der Waals surface area contributed by atoms with Crippen LogP contribution in [0.2, 0.25) is 0 Å². The Hall–Kier alpha value is -0.910. The molecule has 5 nitrogen and oxygen atoms in total. The maximum atomic E-state index is 11.3. The minimum Gasteiger partial charge on any atom is -0.354 e. The Kier molecular flexibility index (Phi) is 4.45. The van der Waals surface area contributed by atoms with Crippen LogP contribution in [0, 0.1) is 0 Å². The Bertz CT molecular complexity index is 356. The van der Waals surface area contributed by atoms with Crippen LogP contribution in [0.3, 0.4) is 0 Å². The molecule has 0 heterocycles. The molecular weight excluding hydrogens is 218 g/mol. The van der Waals surface area contributed by atoms with Crippen LogP contribution in [0.5, 0.6) is 0 Å². The van der Waals surface area contributed by atoms with E-state index < -0.39 is 20.5 Å². The average Bonchev–Trinajstić information content (AvgIpc) is 1.97. The smallest absolute Gasteiger partial charge is 0.227 e. The summed E-state index contributed by atoms with van der Waals surface area (Å²) in [7, 11) is -3.23. The molecule has 0 rings (SSSR count). The molecule has 15 heavy (non-hydrogen) atoms. The van der Waals surface area contributed by atoms with Gasteiger partial charge in [0, 0.05) is 12.8 Å². The predicted molar refractivity (Wildman–Crippen MR) is 57.2 cm³/mol. The van der Waals surface area contributed by atoms with Crippen LogP contribution in [-0.2, 0) is 19.4 Å². The zero-order valence-corrected chi connectivity index (χ0v) is 10.3. The third-order valence-corrected chi connectivity index (χ3v) is 4.28. The minimum absolute atomic E-state index is 0.0119. The molecule has 0 fully saturated rings. The lowest BCUT2D eigenvalue weighted by atomic mass is 10.2. The SMILES string of the molecule is CC(=O)CC(=O)NCC(C)(C)S(C)(=O)=O. The van der Waals surface area contributed by atoms with Gasteiger partial charge < -0.3 is 5.32 Å². The molecule has 6 heteroatoms. The fraction of sp³-hybridized carbons (Fsp3) is 0.778. The monoisotopic (exact) mass is 235 g/mol. The van der Waals surface area contributed by atoms with Crippen LogP contribution in [0.1, 0.15) is 27.2 Å². The molecule has 88 valence electrons. The van der Waals surface area contributed by atoms with E-state index in [1.807, 2.05) is 0 Å². The average molecular weight is 235 g/mol. The van der Waals surface area contributed by atoms with Crippen LogP contribution in [0.4, 0.5) is 0 Å². The summed E-state index contributed by atoms with van der Waals surface area (Å²) in [6, 6.07) is 0. The lowest BCUT2D eigenvalue weighted by Gasteiger charge is -2.22. The Morgan fingerprint density at radius 2 is 1.73 bits per heavy atom. The van der Waals surface area contributed by atoms with Crippen molar-refractivity contribution in [2.75, 3.05) is 12.8 Å². The minimum atomic E-state index is -3.23. The first kappa shape index (κ1) is 14.1. The maximum Gasteiger partial charge on any atom is 0.227 e. The summed E-state index contributed by atoms with van der Waals surface area (Å²) in [5.41, 5.74) is 0. The maximum absolute atomic E-state index is 11.3. The number of nitrogens with one attached hydrogen (secondary N) is 1. The van der Waals surface area contributed by atoms with Crippen molar-refractivity contribution >= 4 is 21.5 Å². The van der Waals surface area contributed by atoms with Crippen LogP contribution >= 0.6 is 0 Å². The summed E-state index contributed by atoms with van der Waals surface area (Å²) in [5, 5.41) is 2.42. The lowest BCUT2D eigenvalue weighted by Crippen LogP contribution is -2.44. The molecule has 0 saturated heterocycles. The second kappa shape index (κ2) is 4.74. The van der Waals surface area contributed by atoms with E-state index in [-0.39, 0.29) is 18.7 Å². The summed E-state index contributed by atoms with van der Waals surface area (Å²) in [4.78, 5) is 21.7. The molecule has 0 bridgehead atoms. The zero-order valence-electron chi connectivity index (χ0n) is 9.46. The van der Waals surface area contributed by atoms with Crippen molar-refractivity contribution < 1.29 is 18.0 Å². The molecule has 0 radical (unpaired) electrons. The first-order chi connectivity index (χ1) is 6.56. The molecule has 0 unspecified atom stereocenters. The van der Waals surface area contributed by atoms with E-state index in [0.29, 0.717) is 0 Å². The topological polar surface area (TPSA) is 80.3 Å². The van der Waals surface area contributed by atoms with E-state index in [1.165, 1.54) is 20.8 Å².